The van der Waals surface area contributed by atoms with Crippen molar-refractivity contribution in [3.63, 3.8) is 0 Å². The molecule has 0 amide bonds. The van der Waals surface area contributed by atoms with Crippen LogP contribution < -0.4 is 34.3 Å². The number of para-hydroxylation sites is 1. The smallest absolute Gasteiger partial charge is 1.00 e. The standard InChI is InChI=1S/C7H8O3S.Na.H/c1-10-6-4-2-3-5-7(6)11(8)9;;/h2-5H,1H3,(H,8,9);;/q;+1;-1. The molecule has 0 spiro atoms. The molecule has 0 saturated carbocycles. The molecule has 0 aliphatic rings. The molecule has 1 N–H and O–H groups in total. The average molecular weight is 196 g/mol. The van der Waals surface area contributed by atoms with Gasteiger partial charge in [-0.1, -0.05) is 12.1 Å². The Morgan fingerprint density at radius 2 is 2.08 bits per heavy atom. The molecule has 0 radical (unpaired) electrons. The summed E-state index contributed by atoms with van der Waals surface area (Å²) in [5, 5.41) is 0. The first kappa shape index (κ1) is 12.1. The van der Waals surface area contributed by atoms with Crippen molar-refractivity contribution >= 4 is 11.1 Å². The van der Waals surface area contributed by atoms with Crippen LogP contribution in [0.5, 0.6) is 5.75 Å². The van der Waals surface area contributed by atoms with Crippen molar-refractivity contribution in [2.24, 2.45) is 0 Å². The molecule has 0 saturated heterocycles. The van der Waals surface area contributed by atoms with Crippen LogP contribution in [0.15, 0.2) is 29.2 Å². The first-order valence-corrected chi connectivity index (χ1v) is 4.10. The third-order valence-electron chi connectivity index (χ3n) is 1.26. The SMILES string of the molecule is COc1ccccc1S(=O)O.[H-].[Na+]. The molecule has 0 heterocycles. The average Bonchev–Trinajstić information content (AvgIpc) is 2.04. The van der Waals surface area contributed by atoms with Crippen molar-refractivity contribution in [2.75, 3.05) is 7.11 Å². The summed E-state index contributed by atoms with van der Waals surface area (Å²) in [6.45, 7) is 0. The van der Waals surface area contributed by atoms with Crippen LogP contribution in [0.2, 0.25) is 0 Å². The predicted molar refractivity (Wildman–Crippen MR) is 43.1 cm³/mol. The van der Waals surface area contributed by atoms with E-state index in [-0.39, 0.29) is 31.0 Å². The van der Waals surface area contributed by atoms with Gasteiger partial charge in [0.15, 0.2) is 11.1 Å². The molecule has 0 fully saturated rings. The Morgan fingerprint density at radius 1 is 1.50 bits per heavy atom. The number of ether oxygens (including phenoxy) is 1. The number of methoxy groups -OCH3 is 1. The van der Waals surface area contributed by atoms with Crippen molar-refractivity contribution in [3.8, 4) is 5.75 Å². The fourth-order valence-electron chi connectivity index (χ4n) is 0.763. The summed E-state index contributed by atoms with van der Waals surface area (Å²) in [5.41, 5.74) is 0. The van der Waals surface area contributed by atoms with E-state index in [9.17, 15) is 4.21 Å². The first-order chi connectivity index (χ1) is 5.25. The van der Waals surface area contributed by atoms with E-state index < -0.39 is 11.1 Å². The first-order valence-electron chi connectivity index (χ1n) is 2.99. The molecule has 1 rings (SSSR count). The summed E-state index contributed by atoms with van der Waals surface area (Å²) in [5.74, 6) is 0.438. The zero-order valence-corrected chi connectivity index (χ0v) is 9.80. The van der Waals surface area contributed by atoms with Crippen LogP contribution in [0.3, 0.4) is 0 Å². The minimum absolute atomic E-state index is 0. The summed E-state index contributed by atoms with van der Waals surface area (Å²) < 4.78 is 24.2. The molecule has 1 unspecified atom stereocenters. The maximum absolute atomic E-state index is 10.6. The summed E-state index contributed by atoms with van der Waals surface area (Å²) in [6, 6.07) is 6.62. The van der Waals surface area contributed by atoms with Gasteiger partial charge in [-0.2, -0.15) is 0 Å². The molecule has 0 aliphatic carbocycles. The van der Waals surface area contributed by atoms with E-state index >= 15 is 0 Å². The largest absolute Gasteiger partial charge is 1.00 e. The van der Waals surface area contributed by atoms with Crippen molar-refractivity contribution < 1.29 is 44.5 Å². The van der Waals surface area contributed by atoms with Gasteiger partial charge in [-0.15, -0.1) is 0 Å². The van der Waals surface area contributed by atoms with Gasteiger partial charge in [0.25, 0.3) is 0 Å². The summed E-state index contributed by atoms with van der Waals surface area (Å²) >= 11 is -1.97. The zero-order chi connectivity index (χ0) is 8.27. The van der Waals surface area contributed by atoms with Gasteiger partial charge in [0.05, 0.1) is 7.11 Å². The minimum Gasteiger partial charge on any atom is -1.00 e. The van der Waals surface area contributed by atoms with E-state index in [0.717, 1.165) is 0 Å². The summed E-state index contributed by atoms with van der Waals surface area (Å²) in [7, 11) is 1.46. The quantitative estimate of drug-likeness (QED) is 0.457. The Balaban J connectivity index is 0. The number of hydrogen-bond donors (Lipinski definition) is 1. The van der Waals surface area contributed by atoms with E-state index in [2.05, 4.69) is 0 Å². The van der Waals surface area contributed by atoms with Crippen LogP contribution in [0, 0.1) is 0 Å². The monoisotopic (exact) mass is 196 g/mol. The molecule has 0 bridgehead atoms. The second-order valence-corrected chi connectivity index (χ2v) is 2.84. The fourth-order valence-corrected chi connectivity index (χ4v) is 1.28. The third-order valence-corrected chi connectivity index (χ3v) is 1.97. The van der Waals surface area contributed by atoms with Gasteiger partial charge in [-0.25, -0.2) is 4.21 Å². The molecular weight excluding hydrogens is 187 g/mol. The van der Waals surface area contributed by atoms with Gasteiger partial charge in [0, 0.05) is 0 Å². The molecule has 0 aliphatic heterocycles. The molecule has 12 heavy (non-hydrogen) atoms. The Hall–Kier alpha value is 0.130. The molecule has 1 aromatic rings. The fraction of sp³-hybridized carbons (Fsp3) is 0.143. The van der Waals surface area contributed by atoms with E-state index in [1.807, 2.05) is 0 Å². The maximum atomic E-state index is 10.6. The van der Waals surface area contributed by atoms with Gasteiger partial charge in [0.1, 0.15) is 10.6 Å². The third kappa shape index (κ3) is 2.88. The Bertz CT molecular complexity index is 282. The molecule has 5 heteroatoms. The number of benzene rings is 1. The molecule has 62 valence electrons. The van der Waals surface area contributed by atoms with Crippen LogP contribution >= 0.6 is 0 Å². The van der Waals surface area contributed by atoms with Crippen LogP contribution in [0.4, 0.5) is 0 Å². The summed E-state index contributed by atoms with van der Waals surface area (Å²) in [4.78, 5) is 0.301. The van der Waals surface area contributed by atoms with Crippen LogP contribution in [0.25, 0.3) is 0 Å². The summed E-state index contributed by atoms with van der Waals surface area (Å²) in [6.07, 6.45) is 0. The van der Waals surface area contributed by atoms with Crippen molar-refractivity contribution in [3.05, 3.63) is 24.3 Å². The van der Waals surface area contributed by atoms with Crippen molar-refractivity contribution in [1.82, 2.24) is 0 Å². The predicted octanol–water partition coefficient (Wildman–Crippen LogP) is -1.61. The van der Waals surface area contributed by atoms with Gasteiger partial charge in [-0.05, 0) is 12.1 Å². The van der Waals surface area contributed by atoms with E-state index in [1.165, 1.54) is 7.11 Å². The number of hydrogen-bond acceptors (Lipinski definition) is 2. The van der Waals surface area contributed by atoms with Gasteiger partial charge < -0.3 is 10.7 Å². The maximum Gasteiger partial charge on any atom is 1.00 e. The van der Waals surface area contributed by atoms with Crippen molar-refractivity contribution in [1.29, 1.82) is 0 Å². The van der Waals surface area contributed by atoms with Crippen LogP contribution in [-0.2, 0) is 11.1 Å². The van der Waals surface area contributed by atoms with Crippen molar-refractivity contribution in [2.45, 2.75) is 4.90 Å². The van der Waals surface area contributed by atoms with Crippen LogP contribution in [-0.4, -0.2) is 15.9 Å². The molecular formula is C7H9NaO3S. The Morgan fingerprint density at radius 3 is 2.50 bits per heavy atom. The van der Waals surface area contributed by atoms with E-state index in [1.54, 1.807) is 24.3 Å². The Kier molecular flexibility index (Phi) is 5.78. The second-order valence-electron chi connectivity index (χ2n) is 1.90. The zero-order valence-electron chi connectivity index (χ0n) is 7.98. The molecule has 0 aromatic heterocycles. The van der Waals surface area contributed by atoms with Gasteiger partial charge in [0.2, 0.25) is 0 Å². The minimum atomic E-state index is -1.97. The second kappa shape index (κ2) is 5.72. The van der Waals surface area contributed by atoms with Gasteiger partial charge in [-0.3, -0.25) is 0 Å². The van der Waals surface area contributed by atoms with Crippen LogP contribution in [0.1, 0.15) is 1.43 Å². The molecule has 1 atom stereocenters. The Labute approximate surface area is 97.2 Å². The molecule has 1 aromatic carbocycles. The molecule has 3 nitrogen and oxygen atoms in total. The van der Waals surface area contributed by atoms with E-state index in [4.69, 9.17) is 9.29 Å². The number of rotatable bonds is 2. The van der Waals surface area contributed by atoms with E-state index in [0.29, 0.717) is 10.6 Å². The normalized spacial score (nSPS) is 11.5. The topological polar surface area (TPSA) is 46.5 Å². The van der Waals surface area contributed by atoms with Gasteiger partial charge >= 0.3 is 29.6 Å².